The molecule has 1 rings (SSSR count). The van der Waals surface area contributed by atoms with Crippen molar-refractivity contribution in [2.45, 2.75) is 13.8 Å². The summed E-state index contributed by atoms with van der Waals surface area (Å²) < 4.78 is 5.61. The third-order valence-corrected chi connectivity index (χ3v) is 2.74. The Morgan fingerprint density at radius 3 is 2.83 bits per heavy atom. The van der Waals surface area contributed by atoms with Crippen molar-refractivity contribution in [2.24, 2.45) is 5.92 Å². The summed E-state index contributed by atoms with van der Waals surface area (Å²) in [5, 5.41) is 8.81. The maximum absolute atomic E-state index is 10.7. The van der Waals surface area contributed by atoms with E-state index in [0.29, 0.717) is 19.7 Å². The molecule has 1 atom stereocenters. The zero-order chi connectivity index (χ0) is 13.5. The molecule has 0 fully saturated rings. The lowest BCUT2D eigenvalue weighted by molar-refractivity contribution is -0.141. The maximum Gasteiger partial charge on any atom is 0.307 e. The number of rotatable bonds is 7. The lowest BCUT2D eigenvalue weighted by atomic mass is 10.2. The largest absolute Gasteiger partial charge is 0.492 e. The average molecular weight is 251 g/mol. The Morgan fingerprint density at radius 1 is 1.50 bits per heavy atom. The van der Waals surface area contributed by atoms with E-state index in [1.807, 2.05) is 43.1 Å². The van der Waals surface area contributed by atoms with Gasteiger partial charge in [0.2, 0.25) is 0 Å². The van der Waals surface area contributed by atoms with Gasteiger partial charge in [-0.2, -0.15) is 0 Å². The highest BCUT2D eigenvalue weighted by atomic mass is 16.5. The van der Waals surface area contributed by atoms with Gasteiger partial charge in [0.1, 0.15) is 12.4 Å². The summed E-state index contributed by atoms with van der Waals surface area (Å²) in [4.78, 5) is 12.7. The van der Waals surface area contributed by atoms with E-state index < -0.39 is 5.97 Å². The van der Waals surface area contributed by atoms with Crippen LogP contribution in [0.2, 0.25) is 0 Å². The van der Waals surface area contributed by atoms with Crippen molar-refractivity contribution in [1.82, 2.24) is 4.90 Å². The normalized spacial score (nSPS) is 12.4. The predicted molar refractivity (Wildman–Crippen MR) is 71.0 cm³/mol. The molecule has 0 aromatic heterocycles. The molecule has 1 N–H and O–H groups in total. The lowest BCUT2D eigenvalue weighted by Crippen LogP contribution is -2.31. The number of benzene rings is 1. The fourth-order valence-electron chi connectivity index (χ4n) is 1.66. The van der Waals surface area contributed by atoms with Crippen molar-refractivity contribution in [1.29, 1.82) is 0 Å². The molecule has 0 aliphatic heterocycles. The highest BCUT2D eigenvalue weighted by Gasteiger charge is 2.13. The first kappa shape index (κ1) is 14.5. The Hall–Kier alpha value is -1.55. The van der Waals surface area contributed by atoms with Crippen LogP contribution in [0.3, 0.4) is 0 Å². The van der Waals surface area contributed by atoms with Gasteiger partial charge in [0.25, 0.3) is 0 Å². The average Bonchev–Trinajstić information content (AvgIpc) is 2.28. The third-order valence-electron chi connectivity index (χ3n) is 2.74. The molecule has 1 aromatic rings. The van der Waals surface area contributed by atoms with E-state index in [0.717, 1.165) is 5.75 Å². The molecule has 0 bridgehead atoms. The molecule has 0 radical (unpaired) electrons. The van der Waals surface area contributed by atoms with Crippen LogP contribution in [0.25, 0.3) is 0 Å². The number of hydrogen-bond acceptors (Lipinski definition) is 3. The standard InChI is InChI=1S/C14H21NO3/c1-11-5-4-6-13(9-11)18-8-7-15(3)10-12(2)14(16)17/h4-6,9,12H,7-8,10H2,1-3H3,(H,16,17). The van der Waals surface area contributed by atoms with Crippen LogP contribution >= 0.6 is 0 Å². The summed E-state index contributed by atoms with van der Waals surface area (Å²) in [6.07, 6.45) is 0. The summed E-state index contributed by atoms with van der Waals surface area (Å²) in [6.45, 7) is 5.54. The lowest BCUT2D eigenvalue weighted by Gasteiger charge is -2.19. The number of likely N-dealkylation sites (N-methyl/N-ethyl adjacent to an activating group) is 1. The molecule has 4 nitrogen and oxygen atoms in total. The second kappa shape index (κ2) is 7.01. The van der Waals surface area contributed by atoms with Gasteiger partial charge in [-0.15, -0.1) is 0 Å². The summed E-state index contributed by atoms with van der Waals surface area (Å²) >= 11 is 0. The van der Waals surface area contributed by atoms with Crippen molar-refractivity contribution in [2.75, 3.05) is 26.7 Å². The van der Waals surface area contributed by atoms with Crippen LogP contribution in [0.15, 0.2) is 24.3 Å². The molecule has 0 aliphatic carbocycles. The molecule has 0 heterocycles. The van der Waals surface area contributed by atoms with E-state index in [1.165, 1.54) is 5.56 Å². The molecule has 0 saturated carbocycles. The maximum atomic E-state index is 10.7. The fraction of sp³-hybridized carbons (Fsp3) is 0.500. The quantitative estimate of drug-likeness (QED) is 0.805. The van der Waals surface area contributed by atoms with Gasteiger partial charge >= 0.3 is 5.97 Å². The van der Waals surface area contributed by atoms with Gasteiger partial charge in [-0.1, -0.05) is 19.1 Å². The predicted octanol–water partition coefficient (Wildman–Crippen LogP) is 2.03. The monoisotopic (exact) mass is 251 g/mol. The number of carbonyl (C=O) groups is 1. The summed E-state index contributed by atoms with van der Waals surface area (Å²) in [5.41, 5.74) is 1.17. The highest BCUT2D eigenvalue weighted by Crippen LogP contribution is 2.12. The van der Waals surface area contributed by atoms with Crippen molar-refractivity contribution in [3.63, 3.8) is 0 Å². The van der Waals surface area contributed by atoms with Gasteiger partial charge in [0.05, 0.1) is 5.92 Å². The van der Waals surface area contributed by atoms with Crippen LogP contribution in [0.5, 0.6) is 5.75 Å². The van der Waals surface area contributed by atoms with E-state index in [9.17, 15) is 4.79 Å². The van der Waals surface area contributed by atoms with Crippen LogP contribution in [-0.4, -0.2) is 42.7 Å². The topological polar surface area (TPSA) is 49.8 Å². The van der Waals surface area contributed by atoms with E-state index in [1.54, 1.807) is 6.92 Å². The molecular formula is C14H21NO3. The van der Waals surface area contributed by atoms with Gasteiger partial charge < -0.3 is 14.7 Å². The van der Waals surface area contributed by atoms with Crippen molar-refractivity contribution < 1.29 is 14.6 Å². The molecule has 18 heavy (non-hydrogen) atoms. The summed E-state index contributed by atoms with van der Waals surface area (Å²) in [5.74, 6) is -0.259. The molecule has 0 aliphatic rings. The molecule has 0 saturated heterocycles. The number of ether oxygens (including phenoxy) is 1. The van der Waals surface area contributed by atoms with Crippen LogP contribution in [-0.2, 0) is 4.79 Å². The SMILES string of the molecule is Cc1cccc(OCCN(C)CC(C)C(=O)O)c1. The Kier molecular flexibility index (Phi) is 5.65. The molecule has 1 aromatic carbocycles. The van der Waals surface area contributed by atoms with Crippen molar-refractivity contribution in [3.05, 3.63) is 29.8 Å². The number of aliphatic carboxylic acids is 1. The zero-order valence-corrected chi connectivity index (χ0v) is 11.2. The third kappa shape index (κ3) is 5.19. The molecule has 1 unspecified atom stereocenters. The first-order chi connectivity index (χ1) is 8.49. The molecule has 0 amide bonds. The Labute approximate surface area is 108 Å². The van der Waals surface area contributed by atoms with E-state index in [-0.39, 0.29) is 5.92 Å². The summed E-state index contributed by atoms with van der Waals surface area (Å²) in [7, 11) is 1.90. The van der Waals surface area contributed by atoms with Crippen LogP contribution in [0.1, 0.15) is 12.5 Å². The van der Waals surface area contributed by atoms with Gasteiger partial charge in [-0.3, -0.25) is 4.79 Å². The van der Waals surface area contributed by atoms with Crippen LogP contribution in [0, 0.1) is 12.8 Å². The fourth-order valence-corrected chi connectivity index (χ4v) is 1.66. The highest BCUT2D eigenvalue weighted by molar-refractivity contribution is 5.69. The van der Waals surface area contributed by atoms with Gasteiger partial charge in [-0.05, 0) is 31.7 Å². The Bertz CT molecular complexity index is 392. The first-order valence-electron chi connectivity index (χ1n) is 6.10. The van der Waals surface area contributed by atoms with Gasteiger partial charge in [0, 0.05) is 13.1 Å². The Balaban J connectivity index is 2.27. The molecule has 0 spiro atoms. The molecule has 4 heteroatoms. The number of carboxylic acids is 1. The minimum atomic E-state index is -0.763. The van der Waals surface area contributed by atoms with Crippen molar-refractivity contribution >= 4 is 5.97 Å². The smallest absolute Gasteiger partial charge is 0.307 e. The van der Waals surface area contributed by atoms with E-state index >= 15 is 0 Å². The first-order valence-corrected chi connectivity index (χ1v) is 6.10. The number of nitrogens with zero attached hydrogens (tertiary/aromatic N) is 1. The Morgan fingerprint density at radius 2 is 2.22 bits per heavy atom. The second-order valence-corrected chi connectivity index (χ2v) is 4.67. The minimum Gasteiger partial charge on any atom is -0.492 e. The molecule has 100 valence electrons. The van der Waals surface area contributed by atoms with Crippen LogP contribution < -0.4 is 4.74 Å². The number of hydrogen-bond donors (Lipinski definition) is 1. The number of aryl methyl sites for hydroxylation is 1. The van der Waals surface area contributed by atoms with E-state index in [4.69, 9.17) is 9.84 Å². The van der Waals surface area contributed by atoms with E-state index in [2.05, 4.69) is 0 Å². The summed E-state index contributed by atoms with van der Waals surface area (Å²) in [6, 6.07) is 7.89. The number of carboxylic acid groups (broad SMARTS) is 1. The minimum absolute atomic E-state index is 0.353. The van der Waals surface area contributed by atoms with Gasteiger partial charge in [-0.25, -0.2) is 0 Å². The second-order valence-electron chi connectivity index (χ2n) is 4.67. The van der Waals surface area contributed by atoms with Crippen molar-refractivity contribution in [3.8, 4) is 5.75 Å². The van der Waals surface area contributed by atoms with Crippen LogP contribution in [0.4, 0.5) is 0 Å². The van der Waals surface area contributed by atoms with Gasteiger partial charge in [0.15, 0.2) is 0 Å². The molecular weight excluding hydrogens is 230 g/mol. The zero-order valence-electron chi connectivity index (χ0n) is 11.2.